The van der Waals surface area contributed by atoms with E-state index in [9.17, 15) is 9.59 Å². The van der Waals surface area contributed by atoms with Gasteiger partial charge < -0.3 is 29.8 Å². The number of carbonyl (C=O) groups is 2. The molecule has 2 aromatic rings. The SMILES string of the molecule is C[C@]12CC[C@@H]3[C@@H](CCC4=CC(SCCCN)CC(OC(=O)C(=O)OC5CC(SCCCN)C=C6CC[C@@H]7[C@@H](CC[C@]8(C)C(c9ccoc9)CC[C@@H]78)[C@]65C)[C@@]43C)[C@@H]1CCC2c1ccoc1. The largest absolute Gasteiger partial charge is 0.472 e. The van der Waals surface area contributed by atoms with Gasteiger partial charge in [0.15, 0.2) is 0 Å². The van der Waals surface area contributed by atoms with Gasteiger partial charge in [-0.25, -0.2) is 9.59 Å². The summed E-state index contributed by atoms with van der Waals surface area (Å²) in [5.41, 5.74) is 17.3. The number of furan rings is 2. The van der Waals surface area contributed by atoms with Gasteiger partial charge in [-0.3, -0.25) is 0 Å². The Balaban J connectivity index is 0.903. The van der Waals surface area contributed by atoms with Gasteiger partial charge in [0.1, 0.15) is 12.2 Å². The van der Waals surface area contributed by atoms with Gasteiger partial charge in [-0.2, -0.15) is 23.5 Å². The van der Waals surface area contributed by atoms with E-state index in [0.29, 0.717) is 73.3 Å². The molecule has 10 rings (SSSR count). The van der Waals surface area contributed by atoms with Crippen molar-refractivity contribution in [2.45, 2.75) is 165 Å². The maximum absolute atomic E-state index is 14.6. The van der Waals surface area contributed by atoms with Crippen molar-refractivity contribution in [2.75, 3.05) is 24.6 Å². The van der Waals surface area contributed by atoms with Crippen LogP contribution in [0.2, 0.25) is 0 Å². The number of thioether (sulfide) groups is 2. The van der Waals surface area contributed by atoms with E-state index in [2.05, 4.69) is 52.0 Å². The topological polar surface area (TPSA) is 131 Å². The Bertz CT molecular complexity index is 1910. The highest BCUT2D eigenvalue weighted by Gasteiger charge is 2.64. The van der Waals surface area contributed by atoms with E-state index in [4.69, 9.17) is 29.8 Å². The third-order valence-electron chi connectivity index (χ3n) is 20.2. The van der Waals surface area contributed by atoms with Crippen LogP contribution >= 0.6 is 23.5 Å². The number of hydrogen-bond acceptors (Lipinski definition) is 10. The molecule has 0 aliphatic heterocycles. The third-order valence-corrected chi connectivity index (χ3v) is 22.8. The molecule has 350 valence electrons. The van der Waals surface area contributed by atoms with Gasteiger partial charge in [0.2, 0.25) is 0 Å². The predicted molar refractivity (Wildman–Crippen MR) is 257 cm³/mol. The van der Waals surface area contributed by atoms with Crippen LogP contribution in [0.15, 0.2) is 69.3 Å². The molecule has 6 fully saturated rings. The summed E-state index contributed by atoms with van der Waals surface area (Å²) in [7, 11) is 0. The second-order valence-electron chi connectivity index (χ2n) is 22.6. The molecule has 8 aliphatic carbocycles. The molecule has 0 amide bonds. The first-order valence-corrected chi connectivity index (χ1v) is 27.5. The summed E-state index contributed by atoms with van der Waals surface area (Å²) in [4.78, 5) is 29.3. The molecule has 10 heteroatoms. The normalized spacial score (nSPS) is 43.3. The van der Waals surface area contributed by atoms with Crippen LogP contribution in [-0.4, -0.2) is 59.2 Å². The standard InChI is InChI=1S/C54H76N2O6S2/c1-51-19-15-45-39(43(51)13-11-41(51)33-17-23-59-31-33)9-7-35-27-37(63-25-5-21-55)29-47(53(35,45)3)61-49(57)50(58)62-48-30-38(64-26-6-22-56)28-36-8-10-40-44-14-12-42(34-18-24-60-32-34)52(44,2)20-16-46(40)54(36,48)4/h17-18,23-24,27-28,31-32,37-48H,5-16,19-22,25-26,29-30,55-56H2,1-4H3/t37?,38?,39-,40-,41?,42?,43-,44-,45+,46+,47?,48?,51+,52+,53-,54-/m0/s1. The summed E-state index contributed by atoms with van der Waals surface area (Å²) in [6.07, 6.45) is 29.0. The number of hydrogen-bond donors (Lipinski definition) is 2. The number of rotatable bonds is 12. The maximum atomic E-state index is 14.6. The van der Waals surface area contributed by atoms with E-state index < -0.39 is 11.9 Å². The molecular formula is C54H76N2O6S2. The van der Waals surface area contributed by atoms with Crippen molar-refractivity contribution in [3.05, 3.63) is 71.6 Å². The first-order chi connectivity index (χ1) is 30.9. The fraction of sp³-hybridized carbons (Fsp3) is 0.741. The lowest BCUT2D eigenvalue weighted by molar-refractivity contribution is -0.188. The second-order valence-corrected chi connectivity index (χ2v) is 25.3. The Morgan fingerprint density at radius 2 is 1.06 bits per heavy atom. The zero-order chi connectivity index (χ0) is 44.4. The molecule has 6 unspecified atom stereocenters. The molecule has 2 aromatic heterocycles. The lowest BCUT2D eigenvalue weighted by Crippen LogP contribution is -2.57. The molecule has 8 nitrogen and oxygen atoms in total. The van der Waals surface area contributed by atoms with Gasteiger partial charge in [0, 0.05) is 34.2 Å². The van der Waals surface area contributed by atoms with Crippen LogP contribution < -0.4 is 11.5 Å². The van der Waals surface area contributed by atoms with E-state index in [1.165, 1.54) is 60.8 Å². The Labute approximate surface area is 391 Å². The monoisotopic (exact) mass is 913 g/mol. The minimum atomic E-state index is -0.795. The molecule has 0 aromatic carbocycles. The first-order valence-electron chi connectivity index (χ1n) is 25.4. The molecular weight excluding hydrogens is 837 g/mol. The maximum Gasteiger partial charge on any atom is 0.417 e. The van der Waals surface area contributed by atoms with E-state index in [1.54, 1.807) is 0 Å². The molecule has 0 spiro atoms. The van der Waals surface area contributed by atoms with Crippen molar-refractivity contribution >= 4 is 35.5 Å². The van der Waals surface area contributed by atoms with Crippen molar-refractivity contribution in [3.63, 3.8) is 0 Å². The minimum absolute atomic E-state index is 0.224. The molecule has 64 heavy (non-hydrogen) atoms. The lowest BCUT2D eigenvalue weighted by atomic mass is 9.46. The van der Waals surface area contributed by atoms with Crippen LogP contribution in [0.1, 0.15) is 153 Å². The van der Waals surface area contributed by atoms with Crippen molar-refractivity contribution in [3.8, 4) is 0 Å². The van der Waals surface area contributed by atoms with Crippen molar-refractivity contribution in [1.29, 1.82) is 0 Å². The lowest BCUT2D eigenvalue weighted by Gasteiger charge is -2.60. The summed E-state index contributed by atoms with van der Waals surface area (Å²) in [6, 6.07) is 4.37. The van der Waals surface area contributed by atoms with Gasteiger partial charge in [-0.05, 0) is 196 Å². The molecule has 0 radical (unpaired) electrons. The van der Waals surface area contributed by atoms with E-state index in [-0.39, 0.29) is 44.4 Å². The zero-order valence-electron chi connectivity index (χ0n) is 39.1. The van der Waals surface area contributed by atoms with Crippen LogP contribution in [0.3, 0.4) is 0 Å². The van der Waals surface area contributed by atoms with E-state index in [1.807, 2.05) is 48.6 Å². The summed E-state index contributed by atoms with van der Waals surface area (Å²) in [5.74, 6) is 4.53. The Hall–Kier alpha value is -2.40. The van der Waals surface area contributed by atoms with Crippen LogP contribution in [0.25, 0.3) is 0 Å². The number of fused-ring (bicyclic) bond motifs is 10. The number of carbonyl (C=O) groups excluding carboxylic acids is 2. The average molecular weight is 913 g/mol. The van der Waals surface area contributed by atoms with Gasteiger partial charge in [-0.1, -0.05) is 51.0 Å². The van der Waals surface area contributed by atoms with Crippen LogP contribution in [0.4, 0.5) is 0 Å². The highest BCUT2D eigenvalue weighted by atomic mass is 32.2. The van der Waals surface area contributed by atoms with Gasteiger partial charge in [0.05, 0.1) is 25.1 Å². The highest BCUT2D eigenvalue weighted by molar-refractivity contribution is 8.00. The van der Waals surface area contributed by atoms with Gasteiger partial charge in [-0.15, -0.1) is 0 Å². The molecule has 8 aliphatic rings. The van der Waals surface area contributed by atoms with Crippen molar-refractivity contribution < 1.29 is 27.9 Å². The van der Waals surface area contributed by atoms with Crippen LogP contribution in [0, 0.1) is 57.2 Å². The first kappa shape index (κ1) is 45.4. The molecule has 0 bridgehead atoms. The smallest absolute Gasteiger partial charge is 0.417 e. The Morgan fingerprint density at radius 3 is 1.45 bits per heavy atom. The fourth-order valence-corrected chi connectivity index (χ4v) is 19.5. The van der Waals surface area contributed by atoms with E-state index >= 15 is 0 Å². The number of nitrogens with two attached hydrogens (primary N) is 2. The molecule has 16 atom stereocenters. The minimum Gasteiger partial charge on any atom is -0.472 e. The van der Waals surface area contributed by atoms with E-state index in [0.717, 1.165) is 62.9 Å². The number of esters is 2. The van der Waals surface area contributed by atoms with Crippen LogP contribution in [0.5, 0.6) is 0 Å². The molecule has 0 saturated heterocycles. The Kier molecular flexibility index (Phi) is 12.7. The molecule has 4 N–H and O–H groups in total. The summed E-state index contributed by atoms with van der Waals surface area (Å²) < 4.78 is 24.7. The van der Waals surface area contributed by atoms with Crippen molar-refractivity contribution in [1.82, 2.24) is 0 Å². The van der Waals surface area contributed by atoms with Crippen molar-refractivity contribution in [2.24, 2.45) is 68.6 Å². The molecule has 2 heterocycles. The Morgan fingerprint density at radius 1 is 0.625 bits per heavy atom. The summed E-state index contributed by atoms with van der Waals surface area (Å²) >= 11 is 3.86. The third kappa shape index (κ3) is 7.46. The van der Waals surface area contributed by atoms with Crippen LogP contribution in [-0.2, 0) is 19.1 Å². The second kappa shape index (κ2) is 17.9. The average Bonchev–Trinajstić information content (AvgIpc) is 4.11. The number of ether oxygens (including phenoxy) is 2. The predicted octanol–water partition coefficient (Wildman–Crippen LogP) is 11.6. The quantitative estimate of drug-likeness (QED) is 0.0918. The molecule has 6 saturated carbocycles. The van der Waals surface area contributed by atoms with Gasteiger partial charge >= 0.3 is 11.9 Å². The van der Waals surface area contributed by atoms with Gasteiger partial charge in [0.25, 0.3) is 0 Å². The fourth-order valence-electron chi connectivity index (χ4n) is 17.0. The summed E-state index contributed by atoms with van der Waals surface area (Å²) in [5, 5.41) is 0.448. The summed E-state index contributed by atoms with van der Waals surface area (Å²) in [6.45, 7) is 11.2. The zero-order valence-corrected chi connectivity index (χ0v) is 40.7. The highest BCUT2D eigenvalue weighted by Crippen LogP contribution is 2.71.